The molecule has 4 amide bonds. The highest BCUT2D eigenvalue weighted by molar-refractivity contribution is 8.19. The Morgan fingerprint density at radius 1 is 0.688 bits per heavy atom. The first-order valence-electron chi connectivity index (χ1n) is 26.4. The lowest BCUT2D eigenvalue weighted by Crippen LogP contribution is -2.72. The van der Waals surface area contributed by atoms with Crippen LogP contribution in [0.2, 0.25) is 0 Å². The van der Waals surface area contributed by atoms with Gasteiger partial charge in [-0.2, -0.15) is 0 Å². The van der Waals surface area contributed by atoms with Crippen molar-refractivity contribution in [3.63, 3.8) is 0 Å². The van der Waals surface area contributed by atoms with Crippen LogP contribution < -0.4 is 0 Å². The summed E-state index contributed by atoms with van der Waals surface area (Å²) in [6.45, 7) is 4.86. The Bertz CT molecular complexity index is 2780. The van der Waals surface area contributed by atoms with Crippen molar-refractivity contribution in [1.82, 2.24) is 19.6 Å². The van der Waals surface area contributed by atoms with Crippen molar-refractivity contribution in [1.29, 1.82) is 0 Å². The molecule has 2 bridgehead atoms. The number of likely N-dealkylation sites (N-methyl/N-ethyl adjacent to an activating group) is 4. The normalized spacial score (nSPS) is 26.1. The lowest BCUT2D eigenvalue weighted by molar-refractivity contribution is -0.166. The van der Waals surface area contributed by atoms with E-state index in [1.54, 1.807) is 85.3 Å². The van der Waals surface area contributed by atoms with E-state index in [-0.39, 0.29) is 45.5 Å². The molecule has 0 radical (unpaired) electrons. The molecule has 4 aliphatic heterocycles. The molecule has 4 fully saturated rings. The maximum absolute atomic E-state index is 15.0. The number of allylic oxidation sites excluding steroid dienone is 9. The molecule has 6 unspecified atom stereocenters. The quantitative estimate of drug-likeness (QED) is 0.0511. The third kappa shape index (κ3) is 13.0. The summed E-state index contributed by atoms with van der Waals surface area (Å²) in [7, 11) is 10.5. The van der Waals surface area contributed by atoms with Crippen molar-refractivity contribution in [3.05, 3.63) is 177 Å². The number of amides is 4. The number of thioether (sulfide) groups is 4. The first-order valence-corrected chi connectivity index (χ1v) is 30.0. The van der Waals surface area contributed by atoms with E-state index < -0.39 is 14.6 Å². The van der Waals surface area contributed by atoms with Crippen molar-refractivity contribution in [2.75, 3.05) is 55.6 Å². The zero-order valence-electron chi connectivity index (χ0n) is 45.7. The molecule has 2 aliphatic carbocycles. The van der Waals surface area contributed by atoms with Gasteiger partial charge in [-0.15, -0.1) is 47.0 Å². The van der Waals surface area contributed by atoms with Crippen LogP contribution in [0.25, 0.3) is 0 Å². The van der Waals surface area contributed by atoms with Gasteiger partial charge in [0.05, 0.1) is 66.7 Å². The van der Waals surface area contributed by atoms with Crippen LogP contribution in [0.15, 0.2) is 155 Å². The van der Waals surface area contributed by atoms with Crippen LogP contribution in [-0.4, -0.2) is 129 Å². The molecule has 77 heavy (non-hydrogen) atoms. The lowest BCUT2D eigenvalue weighted by Gasteiger charge is -2.51. The van der Waals surface area contributed by atoms with Crippen molar-refractivity contribution >= 4 is 71.2 Å². The van der Waals surface area contributed by atoms with Crippen LogP contribution in [0.5, 0.6) is 0 Å². The number of methoxy groups -OCH3 is 2. The molecule has 410 valence electrons. The van der Waals surface area contributed by atoms with Gasteiger partial charge in [-0.05, 0) is 79.0 Å². The van der Waals surface area contributed by atoms with Crippen molar-refractivity contribution < 1.29 is 38.1 Å². The Hall–Kier alpha value is -5.10. The third-order valence-electron chi connectivity index (χ3n) is 15.4. The zero-order valence-corrected chi connectivity index (χ0v) is 49.0. The Labute approximate surface area is 473 Å². The van der Waals surface area contributed by atoms with Gasteiger partial charge in [0.25, 0.3) is 17.7 Å². The minimum absolute atomic E-state index is 0.0217. The van der Waals surface area contributed by atoms with Crippen LogP contribution in [-0.2, 0) is 64.2 Å². The molecule has 12 nitrogen and oxygen atoms in total. The SMILES string of the molecule is CCC(=CC=C(C)C1SC(Cc2ccc(CCC3=CC=C(CC45SC(C6=CC=C(OC)CC6)SC(COCc6ccccc6)(C(=O)N4C)N(C)C5=O)CC3)cc2)N(C)C(=O)C(COCc2ccccc2)(N(C)C=O)S1)OC. The van der Waals surface area contributed by atoms with Gasteiger partial charge < -0.3 is 38.5 Å². The van der Waals surface area contributed by atoms with E-state index in [0.717, 1.165) is 90.7 Å². The number of fused-ring (bicyclic) bond motifs is 4. The minimum atomic E-state index is -1.31. The van der Waals surface area contributed by atoms with Gasteiger partial charge >= 0.3 is 0 Å². The molecule has 4 heterocycles. The molecule has 3 aromatic rings. The highest BCUT2D eigenvalue weighted by Crippen LogP contribution is 2.59. The first-order chi connectivity index (χ1) is 37.2. The molecule has 3 aromatic carbocycles. The van der Waals surface area contributed by atoms with Crippen LogP contribution in [0, 0.1) is 0 Å². The largest absolute Gasteiger partial charge is 0.501 e. The van der Waals surface area contributed by atoms with Crippen LogP contribution in [0.3, 0.4) is 0 Å². The zero-order chi connectivity index (χ0) is 54.7. The fourth-order valence-corrected chi connectivity index (χ4v) is 17.7. The van der Waals surface area contributed by atoms with E-state index in [4.69, 9.17) is 18.9 Å². The van der Waals surface area contributed by atoms with Gasteiger partial charge in [-0.25, -0.2) is 0 Å². The molecule has 0 saturated carbocycles. The number of rotatable bonds is 23. The molecule has 9 rings (SSSR count). The smallest absolute Gasteiger partial charge is 0.262 e. The number of carbonyl (C=O) groups is 4. The summed E-state index contributed by atoms with van der Waals surface area (Å²) in [6.07, 6.45) is 20.1. The number of aryl methyl sites for hydroxylation is 1. The molecule has 0 spiro atoms. The van der Waals surface area contributed by atoms with E-state index in [0.29, 0.717) is 26.1 Å². The predicted octanol–water partition coefficient (Wildman–Crippen LogP) is 11.3. The number of hydrogen-bond acceptors (Lipinski definition) is 12. The molecule has 16 heteroatoms. The summed E-state index contributed by atoms with van der Waals surface area (Å²) < 4.78 is 23.4. The number of benzene rings is 3. The van der Waals surface area contributed by atoms with Gasteiger partial charge in [0.1, 0.15) is 0 Å². The molecular weight excluding hydrogens is 1040 g/mol. The Balaban J connectivity index is 0.954. The van der Waals surface area contributed by atoms with E-state index in [2.05, 4.69) is 55.5 Å². The van der Waals surface area contributed by atoms with Gasteiger partial charge in [0.2, 0.25) is 6.41 Å². The average molecular weight is 1120 g/mol. The van der Waals surface area contributed by atoms with Crippen molar-refractivity contribution in [3.8, 4) is 0 Å². The molecular formula is C61H74N4O8S4. The second-order valence-corrected chi connectivity index (χ2v) is 26.3. The number of piperazine rings is 1. The number of hydrogen-bond donors (Lipinski definition) is 0. The molecule has 0 aromatic heterocycles. The summed E-state index contributed by atoms with van der Waals surface area (Å²) in [5, 5.41) is -0.231. The van der Waals surface area contributed by atoms with Gasteiger partial charge in [0.15, 0.2) is 14.6 Å². The maximum atomic E-state index is 15.0. The number of nitrogens with zero attached hydrogens (tertiary/aromatic N) is 4. The third-order valence-corrected chi connectivity index (χ3v) is 22.5. The Morgan fingerprint density at radius 3 is 1.90 bits per heavy atom. The summed E-state index contributed by atoms with van der Waals surface area (Å²) in [5.41, 5.74) is 9.06. The van der Waals surface area contributed by atoms with E-state index in [1.165, 1.54) is 33.4 Å². The van der Waals surface area contributed by atoms with Gasteiger partial charge in [-0.1, -0.05) is 133 Å². The van der Waals surface area contributed by atoms with Crippen LogP contribution in [0.4, 0.5) is 0 Å². The molecule has 0 N–H and O–H groups in total. The second kappa shape index (κ2) is 26.2. The lowest BCUT2D eigenvalue weighted by atomic mass is 9.89. The monoisotopic (exact) mass is 1120 g/mol. The molecule has 4 saturated heterocycles. The Morgan fingerprint density at radius 2 is 1.30 bits per heavy atom. The summed E-state index contributed by atoms with van der Waals surface area (Å²) in [5.74, 6) is 1.41. The van der Waals surface area contributed by atoms with E-state index >= 15 is 0 Å². The number of ether oxygens (including phenoxy) is 4. The Kier molecular flexibility index (Phi) is 19.8. The summed E-state index contributed by atoms with van der Waals surface area (Å²) >= 11 is 6.32. The minimum Gasteiger partial charge on any atom is -0.501 e. The van der Waals surface area contributed by atoms with Gasteiger partial charge in [0, 0.05) is 53.9 Å². The predicted molar refractivity (Wildman–Crippen MR) is 314 cm³/mol. The average Bonchev–Trinajstić information content (AvgIpc) is 3.72. The van der Waals surface area contributed by atoms with Crippen molar-refractivity contribution in [2.24, 2.45) is 0 Å². The van der Waals surface area contributed by atoms with E-state index in [9.17, 15) is 19.2 Å². The molecule has 6 atom stereocenters. The highest BCUT2D eigenvalue weighted by Gasteiger charge is 2.66. The fourth-order valence-electron chi connectivity index (χ4n) is 10.3. The van der Waals surface area contributed by atoms with Gasteiger partial charge in [-0.3, -0.25) is 19.2 Å². The summed E-state index contributed by atoms with van der Waals surface area (Å²) in [6, 6.07) is 28.5. The van der Waals surface area contributed by atoms with Crippen LogP contribution >= 0.6 is 47.0 Å². The molecule has 6 aliphatic rings. The second-order valence-electron chi connectivity index (χ2n) is 20.3. The maximum Gasteiger partial charge on any atom is 0.262 e. The van der Waals surface area contributed by atoms with Crippen LogP contribution in [0.1, 0.15) is 81.0 Å². The number of carbonyl (C=O) groups excluding carboxylic acids is 4. The van der Waals surface area contributed by atoms with E-state index in [1.807, 2.05) is 86.8 Å². The van der Waals surface area contributed by atoms with Crippen molar-refractivity contribution in [2.45, 2.75) is 114 Å². The fraction of sp³-hybridized carbons (Fsp3) is 0.443. The topological polar surface area (TPSA) is 118 Å². The first kappa shape index (κ1) is 58.1. The highest BCUT2D eigenvalue weighted by atomic mass is 32.2. The summed E-state index contributed by atoms with van der Waals surface area (Å²) in [4.78, 5) is 60.3. The standard InChI is InChI=1S/C61H74N4O8S4/c1-9-51(70-7)33-20-43(2)54-74-53(63(4)56(67)60(75-54,62(3)42-66)40-72-38-48-16-12-10-13-17-48)36-46-27-23-44(24-28-46)21-22-45-25-29-47(30-26-45)37-59-57(68)65(6)61(58(69)64(59)5,41-73-39-49-18-14-11-15-19-49)77-55(76-59)50-31-34-52(71-8)35-32-50/h10-20,23-25,27-29,31,33-34,42,53-55H,9,21-22,26,30,32,35-41H2,1-8H3.